The molecule has 0 aromatic rings. The molecular weight excluding hydrogens is 404 g/mol. The molecule has 4 nitrogen and oxygen atoms in total. The molecule has 0 heterocycles. The van der Waals surface area contributed by atoms with E-state index >= 15 is 0 Å². The second-order valence-corrected chi connectivity index (χ2v) is 12.6. The van der Waals surface area contributed by atoms with Crippen molar-refractivity contribution in [1.82, 2.24) is 0 Å². The van der Waals surface area contributed by atoms with Gasteiger partial charge in [-0.15, -0.1) is 0 Å². The summed E-state index contributed by atoms with van der Waals surface area (Å²) in [6.07, 6.45) is 25.3. The quantitative estimate of drug-likeness (QED) is 0.0637. The molecular formula is C26H52O4Si. The zero-order valence-electron chi connectivity index (χ0n) is 21.1. The van der Waals surface area contributed by atoms with Crippen molar-refractivity contribution in [3.8, 4) is 0 Å². The SMILES string of the molecule is C=CC(=O)OCCCCCCCCCCCCCCCCCCCC[Si](C)(OC)OC. The van der Waals surface area contributed by atoms with Crippen LogP contribution in [0, 0.1) is 0 Å². The van der Waals surface area contributed by atoms with Crippen LogP contribution in [-0.2, 0) is 18.4 Å². The first-order chi connectivity index (χ1) is 15.1. The fraction of sp³-hybridized carbons (Fsp3) is 0.885. The van der Waals surface area contributed by atoms with E-state index in [1.54, 1.807) is 14.2 Å². The Labute approximate surface area is 194 Å². The molecule has 0 aromatic heterocycles. The predicted molar refractivity (Wildman–Crippen MR) is 135 cm³/mol. The lowest BCUT2D eigenvalue weighted by Gasteiger charge is -2.22. The van der Waals surface area contributed by atoms with Gasteiger partial charge in [0.1, 0.15) is 0 Å². The molecule has 0 fully saturated rings. The maximum atomic E-state index is 10.9. The molecule has 0 radical (unpaired) electrons. The van der Waals surface area contributed by atoms with E-state index in [1.807, 2.05) is 0 Å². The van der Waals surface area contributed by atoms with E-state index in [9.17, 15) is 4.79 Å². The number of hydrogen-bond donors (Lipinski definition) is 0. The Kier molecular flexibility index (Phi) is 22.1. The molecule has 0 saturated heterocycles. The first kappa shape index (κ1) is 30.3. The van der Waals surface area contributed by atoms with E-state index in [0.29, 0.717) is 6.61 Å². The van der Waals surface area contributed by atoms with E-state index in [1.165, 1.54) is 109 Å². The minimum atomic E-state index is -1.83. The molecule has 31 heavy (non-hydrogen) atoms. The van der Waals surface area contributed by atoms with Crippen LogP contribution in [0.5, 0.6) is 0 Å². The fourth-order valence-electron chi connectivity index (χ4n) is 3.90. The molecule has 5 heteroatoms. The van der Waals surface area contributed by atoms with E-state index in [2.05, 4.69) is 13.1 Å². The van der Waals surface area contributed by atoms with Gasteiger partial charge < -0.3 is 13.6 Å². The first-order valence-corrected chi connectivity index (χ1v) is 15.5. The van der Waals surface area contributed by atoms with Crippen molar-refractivity contribution in [1.29, 1.82) is 0 Å². The van der Waals surface area contributed by atoms with Crippen LogP contribution in [0.1, 0.15) is 116 Å². The van der Waals surface area contributed by atoms with Crippen molar-refractivity contribution in [3.05, 3.63) is 12.7 Å². The zero-order valence-corrected chi connectivity index (χ0v) is 22.1. The van der Waals surface area contributed by atoms with Crippen LogP contribution in [0.2, 0.25) is 12.6 Å². The van der Waals surface area contributed by atoms with Crippen LogP contribution in [0.15, 0.2) is 12.7 Å². The molecule has 0 aromatic carbocycles. The van der Waals surface area contributed by atoms with Gasteiger partial charge in [0.05, 0.1) is 6.61 Å². The van der Waals surface area contributed by atoms with Gasteiger partial charge in [0.25, 0.3) is 0 Å². The van der Waals surface area contributed by atoms with Crippen LogP contribution >= 0.6 is 0 Å². The summed E-state index contributed by atoms with van der Waals surface area (Å²) in [5.41, 5.74) is 0. The van der Waals surface area contributed by atoms with E-state index < -0.39 is 8.56 Å². The Bertz CT molecular complexity index is 410. The molecule has 184 valence electrons. The molecule has 0 rings (SSSR count). The van der Waals surface area contributed by atoms with Crippen molar-refractivity contribution in [2.24, 2.45) is 0 Å². The third-order valence-electron chi connectivity index (χ3n) is 6.30. The van der Waals surface area contributed by atoms with Crippen molar-refractivity contribution >= 4 is 14.5 Å². The van der Waals surface area contributed by atoms with Crippen LogP contribution in [-0.4, -0.2) is 35.4 Å². The van der Waals surface area contributed by atoms with Gasteiger partial charge >= 0.3 is 14.5 Å². The molecule has 0 bridgehead atoms. The lowest BCUT2D eigenvalue weighted by atomic mass is 10.0. The molecule has 0 unspecified atom stereocenters. The van der Waals surface area contributed by atoms with Gasteiger partial charge in [-0.25, -0.2) is 4.79 Å². The smallest absolute Gasteiger partial charge is 0.334 e. The minimum Gasteiger partial charge on any atom is -0.463 e. The molecule has 0 aliphatic carbocycles. The standard InChI is InChI=1S/C26H52O4Si/c1-5-26(27)30-24-22-20-18-16-14-12-10-8-6-7-9-11-13-15-17-19-21-23-25-31(4,28-2)29-3/h5H,1,6-25H2,2-4H3. The monoisotopic (exact) mass is 456 g/mol. The molecule has 0 atom stereocenters. The summed E-state index contributed by atoms with van der Waals surface area (Å²) >= 11 is 0. The lowest BCUT2D eigenvalue weighted by molar-refractivity contribution is -0.137. The number of unbranched alkanes of at least 4 members (excludes halogenated alkanes) is 17. The first-order valence-electron chi connectivity index (χ1n) is 13.0. The Morgan fingerprint density at radius 3 is 1.29 bits per heavy atom. The van der Waals surface area contributed by atoms with Gasteiger partial charge in [0.2, 0.25) is 0 Å². The zero-order chi connectivity index (χ0) is 23.0. The average molecular weight is 457 g/mol. The van der Waals surface area contributed by atoms with Gasteiger partial charge in [-0.1, -0.05) is 116 Å². The lowest BCUT2D eigenvalue weighted by Crippen LogP contribution is -2.35. The third kappa shape index (κ3) is 21.0. The number of carbonyl (C=O) groups excluding carboxylic acids is 1. The summed E-state index contributed by atoms with van der Waals surface area (Å²) < 4.78 is 16.1. The Morgan fingerprint density at radius 2 is 0.968 bits per heavy atom. The molecule has 0 aliphatic rings. The Morgan fingerprint density at radius 1 is 0.645 bits per heavy atom. The number of rotatable bonds is 24. The molecule has 0 aliphatic heterocycles. The van der Waals surface area contributed by atoms with Gasteiger partial charge in [0.15, 0.2) is 0 Å². The second kappa shape index (κ2) is 22.5. The highest BCUT2D eigenvalue weighted by Gasteiger charge is 2.27. The van der Waals surface area contributed by atoms with Gasteiger partial charge in [0, 0.05) is 20.3 Å². The fourth-order valence-corrected chi connectivity index (χ4v) is 5.36. The Hall–Kier alpha value is -0.653. The summed E-state index contributed by atoms with van der Waals surface area (Å²) in [6.45, 7) is 6.09. The van der Waals surface area contributed by atoms with E-state index in [0.717, 1.165) is 18.9 Å². The summed E-state index contributed by atoms with van der Waals surface area (Å²) in [7, 11) is 1.74. The number of hydrogen-bond acceptors (Lipinski definition) is 4. The van der Waals surface area contributed by atoms with Crippen LogP contribution in [0.3, 0.4) is 0 Å². The maximum absolute atomic E-state index is 10.9. The van der Waals surface area contributed by atoms with Crippen molar-refractivity contribution < 1.29 is 18.4 Å². The second-order valence-electron chi connectivity index (χ2n) is 9.03. The number of ether oxygens (including phenoxy) is 1. The van der Waals surface area contributed by atoms with Crippen molar-refractivity contribution in [3.63, 3.8) is 0 Å². The largest absolute Gasteiger partial charge is 0.463 e. The molecule has 0 saturated carbocycles. The molecule has 0 spiro atoms. The van der Waals surface area contributed by atoms with Gasteiger partial charge in [-0.05, 0) is 19.0 Å². The highest BCUT2D eigenvalue weighted by atomic mass is 28.4. The summed E-state index contributed by atoms with van der Waals surface area (Å²) in [4.78, 5) is 10.9. The highest BCUT2D eigenvalue weighted by Crippen LogP contribution is 2.18. The Balaban J connectivity index is 3.14. The topological polar surface area (TPSA) is 44.8 Å². The third-order valence-corrected chi connectivity index (χ3v) is 9.29. The van der Waals surface area contributed by atoms with Crippen LogP contribution in [0.4, 0.5) is 0 Å². The predicted octanol–water partition coefficient (Wildman–Crippen LogP) is 8.10. The van der Waals surface area contributed by atoms with Gasteiger partial charge in [-0.3, -0.25) is 0 Å². The van der Waals surface area contributed by atoms with Crippen molar-refractivity contribution in [2.75, 3.05) is 20.8 Å². The highest BCUT2D eigenvalue weighted by molar-refractivity contribution is 6.65. The molecule has 0 N–H and O–H groups in total. The minimum absolute atomic E-state index is 0.304. The maximum Gasteiger partial charge on any atom is 0.334 e. The normalized spacial score (nSPS) is 11.6. The van der Waals surface area contributed by atoms with Crippen molar-refractivity contribution in [2.45, 2.75) is 128 Å². The number of carbonyl (C=O) groups is 1. The number of esters is 1. The van der Waals surface area contributed by atoms with Crippen LogP contribution < -0.4 is 0 Å². The van der Waals surface area contributed by atoms with Crippen LogP contribution in [0.25, 0.3) is 0 Å². The van der Waals surface area contributed by atoms with E-state index in [4.69, 9.17) is 13.6 Å². The summed E-state index contributed by atoms with van der Waals surface area (Å²) in [5, 5.41) is 0. The van der Waals surface area contributed by atoms with E-state index in [-0.39, 0.29) is 5.97 Å². The summed E-state index contributed by atoms with van der Waals surface area (Å²) in [5.74, 6) is -0.304. The summed E-state index contributed by atoms with van der Waals surface area (Å²) in [6, 6.07) is 1.12. The molecule has 0 amide bonds. The van der Waals surface area contributed by atoms with Gasteiger partial charge in [-0.2, -0.15) is 0 Å². The average Bonchev–Trinajstić information content (AvgIpc) is 2.79.